The van der Waals surface area contributed by atoms with Crippen LogP contribution in [-0.2, 0) is 19.3 Å². The number of halogens is 5. The quantitative estimate of drug-likeness (QED) is 0.176. The molecular weight excluding hydrogens is 620 g/mol. The van der Waals surface area contributed by atoms with Crippen molar-refractivity contribution < 1.29 is 27.0 Å². The van der Waals surface area contributed by atoms with Crippen molar-refractivity contribution in [2.75, 3.05) is 5.75 Å². The summed E-state index contributed by atoms with van der Waals surface area (Å²) in [6.07, 6.45) is 2.14. The average Bonchev–Trinajstić information content (AvgIpc) is 2.91. The van der Waals surface area contributed by atoms with Gasteiger partial charge in [-0.3, -0.25) is 9.59 Å². The third-order valence-corrected chi connectivity index (χ3v) is 11.2. The summed E-state index contributed by atoms with van der Waals surface area (Å²) in [6, 6.07) is 5.69. The van der Waals surface area contributed by atoms with Gasteiger partial charge in [-0.1, -0.05) is 94.8 Å². The molecule has 1 unspecified atom stereocenters. The maximum Gasteiger partial charge on any atom is 0.474 e. The average molecular weight is 662 g/mol. The molecule has 2 amide bonds. The van der Waals surface area contributed by atoms with Crippen molar-refractivity contribution in [2.45, 2.75) is 83.8 Å². The molecule has 0 saturated carbocycles. The molecule has 11 heteroatoms. The lowest BCUT2D eigenvalue weighted by Gasteiger charge is -2.53. The number of piperidine rings is 1. The Morgan fingerprint density at radius 3 is 2.37 bits per heavy atom. The highest BCUT2D eigenvalue weighted by Crippen LogP contribution is 2.48. The van der Waals surface area contributed by atoms with E-state index in [1.807, 2.05) is 25.1 Å². The van der Waals surface area contributed by atoms with Crippen LogP contribution in [0.1, 0.15) is 65.9 Å². The molecule has 43 heavy (non-hydrogen) atoms. The summed E-state index contributed by atoms with van der Waals surface area (Å²) in [4.78, 5) is 28.1. The summed E-state index contributed by atoms with van der Waals surface area (Å²) < 4.78 is 57.2. The van der Waals surface area contributed by atoms with Crippen LogP contribution >= 0.6 is 23.2 Å². The molecule has 0 N–H and O–H groups in total. The number of alkyl halides is 3. The monoisotopic (exact) mass is 660 g/mol. The van der Waals surface area contributed by atoms with Crippen LogP contribution < -0.4 is 0 Å². The first-order valence-corrected chi connectivity index (χ1v) is 16.5. The molecule has 5 nitrogen and oxygen atoms in total. The standard InChI is InChI=1S/C32H41Cl2F3N2O3S/c1-9-16-31(8)18-26(23-12-11-13-25(34)17-23)28(22(7)14-15-24(33)10-2)39(30(31)41)27(20(3)4)19-43(42,21(5)6)38-29(40)32(35,36)37/h9-15,17,20-21,26-28H,1,7,16,18-19H2,2-6,8H3/b15-14-,24-10+/t26-,27-,28-,31+,43?/m1/s1. The molecule has 1 saturated heterocycles. The Morgan fingerprint density at radius 1 is 1.26 bits per heavy atom. The van der Waals surface area contributed by atoms with Gasteiger partial charge in [-0.2, -0.15) is 17.5 Å². The zero-order valence-corrected chi connectivity index (χ0v) is 27.8. The highest BCUT2D eigenvalue weighted by atomic mass is 35.5. The molecule has 0 spiro atoms. The number of likely N-dealkylation sites (tertiary alicyclic amines) is 1. The van der Waals surface area contributed by atoms with Crippen molar-refractivity contribution >= 4 is 44.7 Å². The van der Waals surface area contributed by atoms with Crippen LogP contribution in [0.2, 0.25) is 5.02 Å². The van der Waals surface area contributed by atoms with Gasteiger partial charge >= 0.3 is 12.1 Å². The number of hydrogen-bond donors (Lipinski definition) is 0. The van der Waals surface area contributed by atoms with Crippen molar-refractivity contribution in [2.24, 2.45) is 15.7 Å². The van der Waals surface area contributed by atoms with Gasteiger partial charge in [0, 0.05) is 27.3 Å². The van der Waals surface area contributed by atoms with E-state index in [1.54, 1.807) is 56.0 Å². The van der Waals surface area contributed by atoms with E-state index < -0.39 is 50.3 Å². The summed E-state index contributed by atoms with van der Waals surface area (Å²) in [7, 11) is -3.78. The zero-order valence-electron chi connectivity index (χ0n) is 25.5. The summed E-state index contributed by atoms with van der Waals surface area (Å²) >= 11 is 12.6. The van der Waals surface area contributed by atoms with Gasteiger partial charge in [0.2, 0.25) is 5.91 Å². The number of allylic oxidation sites excluding steroid dienone is 4. The van der Waals surface area contributed by atoms with Crippen LogP contribution in [0.5, 0.6) is 0 Å². The number of hydrogen-bond acceptors (Lipinski definition) is 3. The third-order valence-electron chi connectivity index (χ3n) is 7.84. The highest BCUT2D eigenvalue weighted by molar-refractivity contribution is 7.94. The summed E-state index contributed by atoms with van der Waals surface area (Å²) in [5.74, 6) is -3.87. The second-order valence-corrected chi connectivity index (χ2v) is 15.5. The minimum atomic E-state index is -5.28. The smallest absolute Gasteiger partial charge is 0.330 e. The lowest BCUT2D eigenvalue weighted by Crippen LogP contribution is -2.62. The first-order chi connectivity index (χ1) is 19.8. The number of carbonyl (C=O) groups is 2. The minimum absolute atomic E-state index is 0.284. The Labute approximate surface area is 264 Å². The van der Waals surface area contributed by atoms with E-state index in [2.05, 4.69) is 17.5 Å². The first-order valence-electron chi connectivity index (χ1n) is 14.0. The molecule has 1 aromatic carbocycles. The molecule has 1 aromatic rings. The van der Waals surface area contributed by atoms with Crippen LogP contribution in [0.4, 0.5) is 13.2 Å². The summed E-state index contributed by atoms with van der Waals surface area (Å²) in [6.45, 7) is 18.3. The fourth-order valence-corrected chi connectivity index (χ4v) is 7.74. The van der Waals surface area contributed by atoms with Gasteiger partial charge in [0.05, 0.1) is 26.9 Å². The largest absolute Gasteiger partial charge is 0.474 e. The maximum atomic E-state index is 14.6. The van der Waals surface area contributed by atoms with E-state index in [0.717, 1.165) is 5.56 Å². The van der Waals surface area contributed by atoms with E-state index >= 15 is 0 Å². The number of carbonyl (C=O) groups excluding carboxylic acids is 2. The first kappa shape index (κ1) is 36.8. The molecule has 1 fully saturated rings. The summed E-state index contributed by atoms with van der Waals surface area (Å²) in [5, 5.41) is 0.0348. The number of nitrogens with zero attached hydrogens (tertiary/aromatic N) is 2. The Kier molecular flexibility index (Phi) is 12.5. The predicted octanol–water partition coefficient (Wildman–Crippen LogP) is 8.85. The van der Waals surface area contributed by atoms with E-state index in [1.165, 1.54) is 13.8 Å². The Morgan fingerprint density at radius 2 is 1.88 bits per heavy atom. The molecule has 0 aromatic heterocycles. The molecule has 1 aliphatic heterocycles. The van der Waals surface area contributed by atoms with Crippen molar-refractivity contribution in [3.63, 3.8) is 0 Å². The van der Waals surface area contributed by atoms with Crippen LogP contribution in [0, 0.1) is 11.3 Å². The van der Waals surface area contributed by atoms with Crippen molar-refractivity contribution in [1.82, 2.24) is 4.90 Å². The highest BCUT2D eigenvalue weighted by Gasteiger charge is 2.52. The number of rotatable bonds is 11. The van der Waals surface area contributed by atoms with Crippen molar-refractivity contribution in [3.05, 3.63) is 82.9 Å². The van der Waals surface area contributed by atoms with Gasteiger partial charge in [0.15, 0.2) is 0 Å². The molecule has 238 valence electrons. The number of benzene rings is 1. The van der Waals surface area contributed by atoms with Gasteiger partial charge < -0.3 is 4.90 Å². The second-order valence-electron chi connectivity index (χ2n) is 11.8. The van der Waals surface area contributed by atoms with E-state index in [9.17, 15) is 27.0 Å². The molecule has 0 radical (unpaired) electrons. The minimum Gasteiger partial charge on any atom is -0.330 e. The normalized spacial score (nSPS) is 23.9. The fourth-order valence-electron chi connectivity index (χ4n) is 5.38. The molecule has 5 atom stereocenters. The Balaban J connectivity index is 2.92. The molecule has 1 heterocycles. The van der Waals surface area contributed by atoms with Gasteiger partial charge in [0.25, 0.3) is 0 Å². The van der Waals surface area contributed by atoms with Gasteiger partial charge in [-0.25, -0.2) is 4.21 Å². The molecular formula is C32H41Cl2F3N2O3S. The second kappa shape index (κ2) is 14.6. The molecule has 1 aliphatic rings. The topological polar surface area (TPSA) is 66.8 Å². The Hall–Kier alpha value is -2.36. The number of amides is 2. The van der Waals surface area contributed by atoms with Gasteiger partial charge in [-0.15, -0.1) is 6.58 Å². The fraction of sp³-hybridized carbons (Fsp3) is 0.500. The predicted molar refractivity (Wildman–Crippen MR) is 171 cm³/mol. The van der Waals surface area contributed by atoms with E-state index in [0.29, 0.717) is 28.5 Å². The molecule has 0 aliphatic carbocycles. The van der Waals surface area contributed by atoms with E-state index in [4.69, 9.17) is 23.2 Å². The van der Waals surface area contributed by atoms with E-state index in [-0.39, 0.29) is 17.7 Å². The van der Waals surface area contributed by atoms with Crippen molar-refractivity contribution in [1.29, 1.82) is 0 Å². The van der Waals surface area contributed by atoms with Crippen LogP contribution in [0.15, 0.2) is 76.7 Å². The maximum absolute atomic E-state index is 14.6. The van der Waals surface area contributed by atoms with Gasteiger partial charge in [-0.05, 0) is 55.0 Å². The van der Waals surface area contributed by atoms with Crippen LogP contribution in [0.25, 0.3) is 0 Å². The molecule has 2 rings (SSSR count). The Bertz CT molecular complexity index is 1410. The third kappa shape index (κ3) is 8.85. The zero-order chi connectivity index (χ0) is 32.9. The van der Waals surface area contributed by atoms with Crippen LogP contribution in [0.3, 0.4) is 0 Å². The molecule has 0 bridgehead atoms. The van der Waals surface area contributed by atoms with Crippen LogP contribution in [-0.4, -0.2) is 50.2 Å². The van der Waals surface area contributed by atoms with Gasteiger partial charge in [0.1, 0.15) is 0 Å². The SMILES string of the molecule is C=CC[C@@]1(C)C[C@H](c2cccc(Cl)c2)[C@@H](C(=C)/C=C\C(Cl)=C/C)N([C@H](CS(=O)(=NC(=O)C(F)(F)F)C(C)C)C(C)C)C1=O. The lowest BCUT2D eigenvalue weighted by molar-refractivity contribution is -0.169. The lowest BCUT2D eigenvalue weighted by atomic mass is 9.66. The summed E-state index contributed by atoms with van der Waals surface area (Å²) in [5.41, 5.74) is 0.394. The van der Waals surface area contributed by atoms with Crippen molar-refractivity contribution in [3.8, 4) is 0 Å².